The van der Waals surface area contributed by atoms with Gasteiger partial charge in [-0.1, -0.05) is 44.9 Å². The number of ether oxygens (including phenoxy) is 1. The van der Waals surface area contributed by atoms with Gasteiger partial charge in [0.25, 0.3) is 0 Å². The zero-order valence-electron chi connectivity index (χ0n) is 22.1. The summed E-state index contributed by atoms with van der Waals surface area (Å²) in [6.07, 6.45) is 5.67. The van der Waals surface area contributed by atoms with E-state index in [1.54, 1.807) is 49.9 Å². The van der Waals surface area contributed by atoms with Gasteiger partial charge in [0.2, 0.25) is 11.8 Å². The van der Waals surface area contributed by atoms with Gasteiger partial charge < -0.3 is 20.3 Å². The minimum Gasteiger partial charge on any atom is -0.444 e. The average molecular weight is 472 g/mol. The second-order valence-electron chi connectivity index (χ2n) is 10.2. The molecule has 0 aliphatic carbocycles. The van der Waals surface area contributed by atoms with Crippen molar-refractivity contribution < 1.29 is 19.1 Å². The van der Waals surface area contributed by atoms with Gasteiger partial charge in [-0.2, -0.15) is 0 Å². The molecule has 1 aromatic rings. The molecule has 0 saturated carbocycles. The van der Waals surface area contributed by atoms with Crippen molar-refractivity contribution in [1.29, 1.82) is 0 Å². The number of hydrogen-bond acceptors (Lipinski definition) is 4. The third-order valence-corrected chi connectivity index (χ3v) is 5.29. The normalized spacial score (nSPS) is 14.1. The van der Waals surface area contributed by atoms with Crippen LogP contribution < -0.4 is 10.6 Å². The van der Waals surface area contributed by atoms with E-state index in [4.69, 9.17) is 11.2 Å². The van der Waals surface area contributed by atoms with E-state index in [2.05, 4.69) is 16.6 Å². The highest BCUT2D eigenvalue weighted by Gasteiger charge is 2.40. The zero-order valence-corrected chi connectivity index (χ0v) is 22.1. The molecule has 0 radical (unpaired) electrons. The number of nitrogens with zero attached hydrogens (tertiary/aromatic N) is 1. The van der Waals surface area contributed by atoms with Crippen LogP contribution in [0.3, 0.4) is 0 Å². The van der Waals surface area contributed by atoms with Gasteiger partial charge in [-0.05, 0) is 65.5 Å². The molecule has 7 heteroatoms. The van der Waals surface area contributed by atoms with E-state index in [1.807, 2.05) is 41.5 Å². The Morgan fingerprint density at radius 3 is 2.12 bits per heavy atom. The fraction of sp³-hybridized carbons (Fsp3) is 0.593. The SMILES string of the molecule is C#Cc1ccccc1C(C(=O)NC(C)C)N(C(=O)C(NC(=O)OC(C)(C)C)C(C)C)C(C)CC. The Balaban J connectivity index is 3.59. The highest BCUT2D eigenvalue weighted by Crippen LogP contribution is 2.29. The first-order valence-corrected chi connectivity index (χ1v) is 11.9. The molecular weight excluding hydrogens is 430 g/mol. The first-order valence-electron chi connectivity index (χ1n) is 11.9. The van der Waals surface area contributed by atoms with Crippen molar-refractivity contribution in [2.45, 2.75) is 98.5 Å². The number of hydrogen-bond donors (Lipinski definition) is 2. The molecule has 3 atom stereocenters. The number of carbonyl (C=O) groups excluding carboxylic acids is 3. The summed E-state index contributed by atoms with van der Waals surface area (Å²) in [5, 5.41) is 5.66. The van der Waals surface area contributed by atoms with Gasteiger partial charge in [0.05, 0.1) is 0 Å². The predicted molar refractivity (Wildman–Crippen MR) is 135 cm³/mol. The molecule has 34 heavy (non-hydrogen) atoms. The molecule has 0 aromatic heterocycles. The Hall–Kier alpha value is -3.01. The van der Waals surface area contributed by atoms with E-state index in [1.165, 1.54) is 0 Å². The topological polar surface area (TPSA) is 87.7 Å². The number of amides is 3. The lowest BCUT2D eigenvalue weighted by molar-refractivity contribution is -0.146. The van der Waals surface area contributed by atoms with Gasteiger partial charge >= 0.3 is 6.09 Å². The first-order chi connectivity index (χ1) is 15.7. The van der Waals surface area contributed by atoms with E-state index < -0.39 is 23.8 Å². The largest absolute Gasteiger partial charge is 0.444 e. The van der Waals surface area contributed by atoms with Gasteiger partial charge in [-0.25, -0.2) is 4.79 Å². The van der Waals surface area contributed by atoms with Crippen molar-refractivity contribution in [3.05, 3.63) is 35.4 Å². The summed E-state index contributed by atoms with van der Waals surface area (Å²) in [5.74, 6) is 1.69. The van der Waals surface area contributed by atoms with Crippen LogP contribution in [-0.2, 0) is 14.3 Å². The maximum Gasteiger partial charge on any atom is 0.408 e. The van der Waals surface area contributed by atoms with Crippen LogP contribution in [-0.4, -0.2) is 46.5 Å². The molecular formula is C27H41N3O4. The van der Waals surface area contributed by atoms with Gasteiger partial charge in [-0.3, -0.25) is 9.59 Å². The molecule has 1 aromatic carbocycles. The fourth-order valence-electron chi connectivity index (χ4n) is 3.55. The van der Waals surface area contributed by atoms with Crippen molar-refractivity contribution in [2.75, 3.05) is 0 Å². The molecule has 0 heterocycles. The van der Waals surface area contributed by atoms with Crippen LogP contribution in [0.2, 0.25) is 0 Å². The summed E-state index contributed by atoms with van der Waals surface area (Å²) in [6, 6.07) is 4.83. The Kier molecular flexibility index (Phi) is 10.6. The van der Waals surface area contributed by atoms with Gasteiger partial charge in [0, 0.05) is 17.6 Å². The molecule has 0 bridgehead atoms. The van der Waals surface area contributed by atoms with Crippen molar-refractivity contribution >= 4 is 17.9 Å². The Morgan fingerprint density at radius 1 is 1.06 bits per heavy atom. The number of carbonyl (C=O) groups is 3. The molecule has 188 valence electrons. The van der Waals surface area contributed by atoms with E-state index in [0.717, 1.165) is 0 Å². The average Bonchev–Trinajstić information content (AvgIpc) is 2.72. The molecule has 3 amide bonds. The second kappa shape index (κ2) is 12.5. The van der Waals surface area contributed by atoms with Crippen LogP contribution in [0.5, 0.6) is 0 Å². The Bertz CT molecular complexity index is 896. The summed E-state index contributed by atoms with van der Waals surface area (Å²) in [7, 11) is 0. The third-order valence-electron chi connectivity index (χ3n) is 5.29. The number of rotatable bonds is 9. The van der Waals surface area contributed by atoms with E-state index in [0.29, 0.717) is 17.5 Å². The van der Waals surface area contributed by atoms with E-state index >= 15 is 0 Å². The van der Waals surface area contributed by atoms with Crippen molar-refractivity contribution in [1.82, 2.24) is 15.5 Å². The van der Waals surface area contributed by atoms with Crippen molar-refractivity contribution in [3.63, 3.8) is 0 Å². The van der Waals surface area contributed by atoms with Crippen LogP contribution in [0.4, 0.5) is 4.79 Å². The highest BCUT2D eigenvalue weighted by atomic mass is 16.6. The molecule has 0 spiro atoms. The molecule has 0 aliphatic rings. The summed E-state index contributed by atoms with van der Waals surface area (Å²) < 4.78 is 5.39. The Labute approximate surface area is 205 Å². The Morgan fingerprint density at radius 2 is 1.65 bits per heavy atom. The van der Waals surface area contributed by atoms with Crippen LogP contribution in [0.25, 0.3) is 0 Å². The summed E-state index contributed by atoms with van der Waals surface area (Å²) >= 11 is 0. The number of benzene rings is 1. The standard InChI is InChI=1S/C27H41N3O4/c1-11-19(7)30(25(32)22(17(3)4)29-26(33)34-27(8,9)10)23(24(31)28-18(5)6)21-16-14-13-15-20(21)12-2/h2,13-19,22-23H,11H2,1,3-10H3,(H,28,31)(H,29,33). The number of terminal acetylenes is 1. The van der Waals surface area contributed by atoms with Gasteiger partial charge in [-0.15, -0.1) is 6.42 Å². The van der Waals surface area contributed by atoms with Crippen LogP contribution in [0.1, 0.15) is 85.9 Å². The number of alkyl carbamates (subject to hydrolysis) is 1. The van der Waals surface area contributed by atoms with E-state index in [9.17, 15) is 14.4 Å². The van der Waals surface area contributed by atoms with Crippen molar-refractivity contribution in [3.8, 4) is 12.3 Å². The van der Waals surface area contributed by atoms with Gasteiger partial charge in [0.15, 0.2) is 0 Å². The lowest BCUT2D eigenvalue weighted by Crippen LogP contribution is -2.57. The second-order valence-corrected chi connectivity index (χ2v) is 10.2. The summed E-state index contributed by atoms with van der Waals surface area (Å²) in [5.41, 5.74) is 0.390. The molecule has 0 saturated heterocycles. The quantitative estimate of drug-likeness (QED) is 0.522. The zero-order chi connectivity index (χ0) is 26.2. The fourth-order valence-corrected chi connectivity index (χ4v) is 3.55. The monoisotopic (exact) mass is 471 g/mol. The molecule has 7 nitrogen and oxygen atoms in total. The van der Waals surface area contributed by atoms with Crippen LogP contribution >= 0.6 is 0 Å². The number of nitrogens with one attached hydrogen (secondary N) is 2. The molecule has 1 rings (SSSR count). The van der Waals surface area contributed by atoms with Crippen LogP contribution in [0, 0.1) is 18.3 Å². The molecule has 3 unspecified atom stereocenters. The van der Waals surface area contributed by atoms with Crippen molar-refractivity contribution in [2.24, 2.45) is 5.92 Å². The smallest absolute Gasteiger partial charge is 0.408 e. The molecule has 2 N–H and O–H groups in total. The minimum atomic E-state index is -0.959. The molecule has 0 aliphatic heterocycles. The highest BCUT2D eigenvalue weighted by molar-refractivity contribution is 5.93. The lowest BCUT2D eigenvalue weighted by Gasteiger charge is -2.39. The maximum absolute atomic E-state index is 14.0. The minimum absolute atomic E-state index is 0.136. The third kappa shape index (κ3) is 8.09. The summed E-state index contributed by atoms with van der Waals surface area (Å²) in [6.45, 7) is 16.5. The lowest BCUT2D eigenvalue weighted by atomic mass is 9.94. The maximum atomic E-state index is 14.0. The van der Waals surface area contributed by atoms with Gasteiger partial charge in [0.1, 0.15) is 17.7 Å². The summed E-state index contributed by atoms with van der Waals surface area (Å²) in [4.78, 5) is 41.6. The first kappa shape index (κ1) is 29.0. The van der Waals surface area contributed by atoms with Crippen LogP contribution in [0.15, 0.2) is 24.3 Å². The predicted octanol–water partition coefficient (Wildman–Crippen LogP) is 4.41. The molecule has 0 fully saturated rings. The van der Waals surface area contributed by atoms with E-state index in [-0.39, 0.29) is 29.8 Å².